The van der Waals surface area contributed by atoms with Gasteiger partial charge in [0.15, 0.2) is 0 Å². The fourth-order valence-corrected chi connectivity index (χ4v) is 1.26. The zero-order valence-corrected chi connectivity index (χ0v) is 8.88. The molecule has 76 valence electrons. The van der Waals surface area contributed by atoms with Gasteiger partial charge in [-0.3, -0.25) is 5.32 Å². The third kappa shape index (κ3) is 2.98. The van der Waals surface area contributed by atoms with Crippen molar-refractivity contribution in [1.82, 2.24) is 10.6 Å². The van der Waals surface area contributed by atoms with E-state index in [2.05, 4.69) is 36.3 Å². The molecule has 0 bridgehead atoms. The molecule has 2 nitrogen and oxygen atoms in total. The molecular formula is C12H18N2. The Labute approximate surface area is 86.0 Å². The van der Waals surface area contributed by atoms with Crippen molar-refractivity contribution in [2.75, 3.05) is 7.05 Å². The van der Waals surface area contributed by atoms with Crippen molar-refractivity contribution in [2.24, 2.45) is 0 Å². The minimum Gasteiger partial charge on any atom is -0.305 e. The van der Waals surface area contributed by atoms with Crippen molar-refractivity contribution in [3.05, 3.63) is 42.0 Å². The highest BCUT2D eigenvalue weighted by atomic mass is 15.1. The Balaban J connectivity index is 2.61. The number of rotatable bonds is 5. The van der Waals surface area contributed by atoms with Crippen LogP contribution in [0.1, 0.15) is 18.1 Å². The third-order valence-corrected chi connectivity index (χ3v) is 2.31. The first-order valence-corrected chi connectivity index (χ1v) is 4.89. The Kier molecular flexibility index (Phi) is 4.36. The summed E-state index contributed by atoms with van der Waals surface area (Å²) < 4.78 is 0. The standard InChI is InChI=1S/C12H18N2/c1-4-11-7-5-6-8-12(11)9-14-10(2)13-3/h4-8,10,13-14H,1,9H2,2-3H3. The predicted molar refractivity (Wildman–Crippen MR) is 61.9 cm³/mol. The average molecular weight is 190 g/mol. The molecule has 0 aromatic heterocycles. The van der Waals surface area contributed by atoms with E-state index >= 15 is 0 Å². The normalized spacial score (nSPS) is 12.4. The largest absolute Gasteiger partial charge is 0.305 e. The molecule has 0 amide bonds. The van der Waals surface area contributed by atoms with Crippen LogP contribution in [0.3, 0.4) is 0 Å². The summed E-state index contributed by atoms with van der Waals surface area (Å²) in [6, 6.07) is 8.27. The van der Waals surface area contributed by atoms with Crippen molar-refractivity contribution in [2.45, 2.75) is 19.6 Å². The molecule has 2 heteroatoms. The van der Waals surface area contributed by atoms with E-state index in [1.54, 1.807) is 0 Å². The fraction of sp³-hybridized carbons (Fsp3) is 0.333. The lowest BCUT2D eigenvalue weighted by molar-refractivity contribution is 0.489. The van der Waals surface area contributed by atoms with Crippen molar-refractivity contribution < 1.29 is 0 Å². The molecule has 0 aliphatic rings. The van der Waals surface area contributed by atoms with Gasteiger partial charge in [0.05, 0.1) is 6.17 Å². The van der Waals surface area contributed by atoms with Gasteiger partial charge in [-0.2, -0.15) is 0 Å². The molecule has 0 aliphatic carbocycles. The third-order valence-electron chi connectivity index (χ3n) is 2.31. The highest BCUT2D eigenvalue weighted by Crippen LogP contribution is 2.09. The molecule has 0 heterocycles. The first-order chi connectivity index (χ1) is 6.77. The summed E-state index contributed by atoms with van der Waals surface area (Å²) in [6.45, 7) is 6.75. The summed E-state index contributed by atoms with van der Waals surface area (Å²) in [5.74, 6) is 0. The Bertz CT molecular complexity index is 294. The van der Waals surface area contributed by atoms with E-state index in [1.807, 2.05) is 25.3 Å². The van der Waals surface area contributed by atoms with Gasteiger partial charge in [0.25, 0.3) is 0 Å². The molecule has 0 saturated heterocycles. The number of nitrogens with one attached hydrogen (secondary N) is 2. The minimum absolute atomic E-state index is 0.327. The molecule has 0 fully saturated rings. The molecule has 14 heavy (non-hydrogen) atoms. The van der Waals surface area contributed by atoms with Gasteiger partial charge in [-0.15, -0.1) is 0 Å². The Morgan fingerprint density at radius 2 is 2.14 bits per heavy atom. The summed E-state index contributed by atoms with van der Waals surface area (Å²) in [4.78, 5) is 0. The zero-order chi connectivity index (χ0) is 10.4. The predicted octanol–water partition coefficient (Wildman–Crippen LogP) is 1.98. The van der Waals surface area contributed by atoms with Crippen LogP contribution >= 0.6 is 0 Å². The van der Waals surface area contributed by atoms with Crippen molar-refractivity contribution in [3.8, 4) is 0 Å². The van der Waals surface area contributed by atoms with Crippen LogP contribution in [0.2, 0.25) is 0 Å². The minimum atomic E-state index is 0.327. The Morgan fingerprint density at radius 3 is 2.79 bits per heavy atom. The second kappa shape index (κ2) is 5.58. The van der Waals surface area contributed by atoms with E-state index in [-0.39, 0.29) is 0 Å². The maximum absolute atomic E-state index is 3.80. The average Bonchev–Trinajstić information content (AvgIpc) is 2.26. The van der Waals surface area contributed by atoms with E-state index in [0.717, 1.165) is 6.54 Å². The quantitative estimate of drug-likeness (QED) is 0.694. The van der Waals surface area contributed by atoms with Crippen LogP contribution in [0.25, 0.3) is 6.08 Å². The van der Waals surface area contributed by atoms with E-state index in [9.17, 15) is 0 Å². The van der Waals surface area contributed by atoms with E-state index in [0.29, 0.717) is 6.17 Å². The summed E-state index contributed by atoms with van der Waals surface area (Å²) in [5, 5.41) is 6.50. The first kappa shape index (κ1) is 11.0. The molecular weight excluding hydrogens is 172 g/mol. The van der Waals surface area contributed by atoms with Gasteiger partial charge >= 0.3 is 0 Å². The summed E-state index contributed by atoms with van der Waals surface area (Å²) >= 11 is 0. The maximum atomic E-state index is 3.80. The fourth-order valence-electron chi connectivity index (χ4n) is 1.26. The second-order valence-electron chi connectivity index (χ2n) is 3.29. The second-order valence-corrected chi connectivity index (χ2v) is 3.29. The van der Waals surface area contributed by atoms with E-state index in [4.69, 9.17) is 0 Å². The molecule has 2 N–H and O–H groups in total. The Hall–Kier alpha value is -1.12. The smallest absolute Gasteiger partial charge is 0.0542 e. The first-order valence-electron chi connectivity index (χ1n) is 4.89. The summed E-state index contributed by atoms with van der Waals surface area (Å²) in [5.41, 5.74) is 2.48. The molecule has 0 radical (unpaired) electrons. The van der Waals surface area contributed by atoms with Crippen molar-refractivity contribution >= 4 is 6.08 Å². The van der Waals surface area contributed by atoms with Gasteiger partial charge in [-0.25, -0.2) is 0 Å². The number of benzene rings is 1. The van der Waals surface area contributed by atoms with Crippen molar-refractivity contribution in [1.29, 1.82) is 0 Å². The lowest BCUT2D eigenvalue weighted by Crippen LogP contribution is -2.36. The molecule has 1 aromatic rings. The molecule has 1 aromatic carbocycles. The van der Waals surface area contributed by atoms with Crippen LogP contribution in [0.5, 0.6) is 0 Å². The lowest BCUT2D eigenvalue weighted by atomic mass is 10.1. The van der Waals surface area contributed by atoms with Gasteiger partial charge < -0.3 is 5.32 Å². The molecule has 1 unspecified atom stereocenters. The SMILES string of the molecule is C=Cc1ccccc1CNC(C)NC. The topological polar surface area (TPSA) is 24.1 Å². The maximum Gasteiger partial charge on any atom is 0.0542 e. The van der Waals surface area contributed by atoms with Gasteiger partial charge in [0.1, 0.15) is 0 Å². The molecule has 0 saturated carbocycles. The Morgan fingerprint density at radius 1 is 1.43 bits per heavy atom. The number of hydrogen-bond donors (Lipinski definition) is 2. The zero-order valence-electron chi connectivity index (χ0n) is 8.88. The molecule has 0 aliphatic heterocycles. The van der Waals surface area contributed by atoms with Crippen LogP contribution in [-0.4, -0.2) is 13.2 Å². The molecule has 0 spiro atoms. The lowest BCUT2D eigenvalue weighted by Gasteiger charge is -2.13. The van der Waals surface area contributed by atoms with Crippen LogP contribution in [-0.2, 0) is 6.54 Å². The van der Waals surface area contributed by atoms with E-state index < -0.39 is 0 Å². The summed E-state index contributed by atoms with van der Waals surface area (Å²) in [6.07, 6.45) is 2.22. The number of hydrogen-bond acceptors (Lipinski definition) is 2. The van der Waals surface area contributed by atoms with Crippen LogP contribution in [0.15, 0.2) is 30.8 Å². The molecule has 1 rings (SSSR count). The van der Waals surface area contributed by atoms with Crippen LogP contribution in [0.4, 0.5) is 0 Å². The van der Waals surface area contributed by atoms with Crippen LogP contribution in [0, 0.1) is 0 Å². The van der Waals surface area contributed by atoms with Gasteiger partial charge in [0.2, 0.25) is 0 Å². The summed E-state index contributed by atoms with van der Waals surface area (Å²) in [7, 11) is 1.94. The van der Waals surface area contributed by atoms with Crippen LogP contribution < -0.4 is 10.6 Å². The van der Waals surface area contributed by atoms with Crippen molar-refractivity contribution in [3.63, 3.8) is 0 Å². The van der Waals surface area contributed by atoms with Gasteiger partial charge in [-0.05, 0) is 25.1 Å². The van der Waals surface area contributed by atoms with Gasteiger partial charge in [0, 0.05) is 6.54 Å². The van der Waals surface area contributed by atoms with E-state index in [1.165, 1.54) is 11.1 Å². The monoisotopic (exact) mass is 190 g/mol. The highest BCUT2D eigenvalue weighted by molar-refractivity contribution is 5.51. The van der Waals surface area contributed by atoms with Gasteiger partial charge in [-0.1, -0.05) is 36.9 Å². The molecule has 1 atom stereocenters. The highest BCUT2D eigenvalue weighted by Gasteiger charge is 2.00.